The molecule has 1 N–H and O–H groups in total. The highest BCUT2D eigenvalue weighted by atomic mass is 19.4. The number of rotatable bonds is 4. The summed E-state index contributed by atoms with van der Waals surface area (Å²) in [7, 11) is 1.55. The summed E-state index contributed by atoms with van der Waals surface area (Å²) in [5, 5.41) is 15.1. The summed E-state index contributed by atoms with van der Waals surface area (Å²) in [6, 6.07) is 3.61. The molecule has 0 atom stereocenters. The largest absolute Gasteiger partial charge is 0.495 e. The van der Waals surface area contributed by atoms with Gasteiger partial charge in [0.15, 0.2) is 0 Å². The van der Waals surface area contributed by atoms with Gasteiger partial charge >= 0.3 is 6.18 Å². The molecule has 0 unspecified atom stereocenters. The number of nitrogens with zero attached hydrogens (tertiary/aromatic N) is 5. The lowest BCUT2D eigenvalue weighted by atomic mass is 10.1. The van der Waals surface area contributed by atoms with Crippen molar-refractivity contribution < 1.29 is 23.0 Å². The number of aryl methyl sites for hydroxylation is 2. The number of alkyl halides is 3. The van der Waals surface area contributed by atoms with Crippen LogP contribution < -0.4 is 4.74 Å². The van der Waals surface area contributed by atoms with Gasteiger partial charge in [0.05, 0.1) is 41.8 Å². The van der Waals surface area contributed by atoms with Crippen LogP contribution >= 0.6 is 0 Å². The van der Waals surface area contributed by atoms with Gasteiger partial charge in [0.25, 0.3) is 0 Å². The van der Waals surface area contributed by atoms with E-state index in [1.54, 1.807) is 32.5 Å². The Bertz CT molecular complexity index is 1240. The Morgan fingerprint density at radius 1 is 1.13 bits per heavy atom. The van der Waals surface area contributed by atoms with Crippen LogP contribution in [-0.4, -0.2) is 42.7 Å². The Morgan fingerprint density at radius 2 is 1.90 bits per heavy atom. The van der Waals surface area contributed by atoms with Crippen molar-refractivity contribution in [3.8, 4) is 28.6 Å². The number of hydrogen-bond donors (Lipinski definition) is 1. The molecule has 4 aromatic heterocycles. The van der Waals surface area contributed by atoms with Crippen LogP contribution in [0.5, 0.6) is 11.6 Å². The second-order valence-electron chi connectivity index (χ2n) is 6.92. The number of fused-ring (bicyclic) bond motifs is 1. The van der Waals surface area contributed by atoms with Crippen LogP contribution in [0.1, 0.15) is 11.3 Å². The Kier molecular flexibility index (Phi) is 4.64. The fourth-order valence-corrected chi connectivity index (χ4v) is 3.47. The Balaban J connectivity index is 1.85. The van der Waals surface area contributed by atoms with Crippen molar-refractivity contribution in [2.75, 3.05) is 7.11 Å². The summed E-state index contributed by atoms with van der Waals surface area (Å²) in [4.78, 5) is 8.81. The van der Waals surface area contributed by atoms with E-state index in [-0.39, 0.29) is 5.88 Å². The van der Waals surface area contributed by atoms with Gasteiger partial charge in [-0.25, -0.2) is 4.98 Å². The monoisotopic (exact) mass is 417 g/mol. The molecule has 10 heteroatoms. The number of pyridine rings is 2. The summed E-state index contributed by atoms with van der Waals surface area (Å²) in [6.45, 7) is 2.36. The second kappa shape index (κ2) is 7.05. The summed E-state index contributed by atoms with van der Waals surface area (Å²) in [5.74, 6) is 0.482. The molecule has 0 saturated heterocycles. The highest BCUT2D eigenvalue weighted by Gasteiger charge is 2.29. The quantitative estimate of drug-likeness (QED) is 0.539. The van der Waals surface area contributed by atoms with Gasteiger partial charge < -0.3 is 9.84 Å². The first-order valence-corrected chi connectivity index (χ1v) is 8.98. The maximum atomic E-state index is 12.7. The predicted octanol–water partition coefficient (Wildman–Crippen LogP) is 4.18. The van der Waals surface area contributed by atoms with Gasteiger partial charge in [-0.15, -0.1) is 0 Å². The van der Waals surface area contributed by atoms with E-state index in [0.717, 1.165) is 15.8 Å². The zero-order valence-electron chi connectivity index (χ0n) is 16.4. The molecule has 0 aromatic carbocycles. The van der Waals surface area contributed by atoms with Gasteiger partial charge in [-0.3, -0.25) is 14.2 Å². The third-order valence-corrected chi connectivity index (χ3v) is 4.79. The van der Waals surface area contributed by atoms with Gasteiger partial charge in [0.2, 0.25) is 5.88 Å². The van der Waals surface area contributed by atoms with E-state index in [9.17, 15) is 18.3 Å². The molecule has 0 aliphatic carbocycles. The molecule has 4 rings (SSSR count). The van der Waals surface area contributed by atoms with Crippen LogP contribution in [0.4, 0.5) is 13.2 Å². The predicted molar refractivity (Wildman–Crippen MR) is 104 cm³/mol. The molecule has 0 saturated carbocycles. The highest BCUT2D eigenvalue weighted by molar-refractivity contribution is 5.93. The molecule has 0 amide bonds. The van der Waals surface area contributed by atoms with Crippen LogP contribution in [0.15, 0.2) is 36.9 Å². The van der Waals surface area contributed by atoms with Crippen molar-refractivity contribution in [3.05, 3.63) is 48.2 Å². The van der Waals surface area contributed by atoms with Crippen LogP contribution in [0.25, 0.3) is 27.8 Å². The molecule has 7 nitrogen and oxygen atoms in total. The average molecular weight is 417 g/mol. The number of hydrogen-bond acceptors (Lipinski definition) is 5. The molecule has 156 valence electrons. The first kappa shape index (κ1) is 19.7. The van der Waals surface area contributed by atoms with Crippen LogP contribution in [0.2, 0.25) is 0 Å². The second-order valence-corrected chi connectivity index (χ2v) is 6.92. The number of halogens is 3. The van der Waals surface area contributed by atoms with E-state index in [4.69, 9.17) is 4.74 Å². The molecule has 0 spiro atoms. The van der Waals surface area contributed by atoms with Crippen LogP contribution in [0, 0.1) is 13.8 Å². The van der Waals surface area contributed by atoms with E-state index in [1.807, 2.05) is 13.0 Å². The van der Waals surface area contributed by atoms with Gasteiger partial charge in [-0.1, -0.05) is 0 Å². The van der Waals surface area contributed by atoms with Crippen molar-refractivity contribution in [3.63, 3.8) is 0 Å². The molecule has 4 heterocycles. The minimum absolute atomic E-state index is 0.102. The first-order chi connectivity index (χ1) is 14.2. The minimum Gasteiger partial charge on any atom is -0.495 e. The Hall–Kier alpha value is -3.56. The van der Waals surface area contributed by atoms with E-state index >= 15 is 0 Å². The maximum absolute atomic E-state index is 12.7. The summed E-state index contributed by atoms with van der Waals surface area (Å²) < 4.78 is 45.4. The van der Waals surface area contributed by atoms with Crippen molar-refractivity contribution in [2.24, 2.45) is 0 Å². The standard InChI is InChI=1S/C20H18F3N5O2/c1-11-4-16(13-5-15(30-3)8-24-6-13)26-18-12(2)28(19(29)17(11)18)14-7-25-27(9-14)10-20(21,22)23/h4-9,29H,10H2,1-3H3. The lowest BCUT2D eigenvalue weighted by Gasteiger charge is -2.06. The lowest BCUT2D eigenvalue weighted by molar-refractivity contribution is -0.142. The highest BCUT2D eigenvalue weighted by Crippen LogP contribution is 2.37. The molecule has 30 heavy (non-hydrogen) atoms. The topological polar surface area (TPSA) is 78.0 Å². The van der Waals surface area contributed by atoms with Gasteiger partial charge in [-0.2, -0.15) is 18.3 Å². The van der Waals surface area contributed by atoms with Gasteiger partial charge in [0.1, 0.15) is 12.3 Å². The van der Waals surface area contributed by atoms with Crippen molar-refractivity contribution in [2.45, 2.75) is 26.6 Å². The minimum atomic E-state index is -4.39. The van der Waals surface area contributed by atoms with Crippen molar-refractivity contribution >= 4 is 10.9 Å². The zero-order chi connectivity index (χ0) is 21.6. The van der Waals surface area contributed by atoms with E-state index in [0.29, 0.717) is 33.7 Å². The number of aromatic nitrogens is 5. The molecule has 4 aromatic rings. The third kappa shape index (κ3) is 3.44. The fourth-order valence-electron chi connectivity index (χ4n) is 3.47. The molecule has 0 bridgehead atoms. The summed E-state index contributed by atoms with van der Waals surface area (Å²) in [6.07, 6.45) is 1.37. The smallest absolute Gasteiger partial charge is 0.408 e. The fraction of sp³-hybridized carbons (Fsp3) is 0.250. The molecular formula is C20H18F3N5O2. The molecule has 0 aliphatic rings. The van der Waals surface area contributed by atoms with Crippen LogP contribution in [0.3, 0.4) is 0 Å². The Labute approximate surface area is 169 Å². The summed E-state index contributed by atoms with van der Waals surface area (Å²) in [5.41, 5.74) is 3.57. The molecule has 0 radical (unpaired) electrons. The molecule has 0 aliphatic heterocycles. The van der Waals surface area contributed by atoms with E-state index in [2.05, 4.69) is 15.1 Å². The van der Waals surface area contributed by atoms with E-state index < -0.39 is 12.7 Å². The average Bonchev–Trinajstić information content (AvgIpc) is 3.22. The SMILES string of the molecule is COc1cncc(-c2cc(C)c3c(O)n(-c4cnn(CC(F)(F)F)c4)c(C)c3n2)c1. The number of ether oxygens (including phenoxy) is 1. The van der Waals surface area contributed by atoms with Gasteiger partial charge in [0, 0.05) is 23.7 Å². The van der Waals surface area contributed by atoms with Crippen molar-refractivity contribution in [1.82, 2.24) is 24.3 Å². The third-order valence-electron chi connectivity index (χ3n) is 4.79. The van der Waals surface area contributed by atoms with Crippen molar-refractivity contribution in [1.29, 1.82) is 0 Å². The zero-order valence-corrected chi connectivity index (χ0v) is 16.4. The molecular weight excluding hydrogens is 399 g/mol. The number of aromatic hydroxyl groups is 1. The van der Waals surface area contributed by atoms with E-state index in [1.165, 1.54) is 17.0 Å². The Morgan fingerprint density at radius 3 is 2.60 bits per heavy atom. The maximum Gasteiger partial charge on any atom is 0.408 e. The lowest BCUT2D eigenvalue weighted by Crippen LogP contribution is -2.17. The summed E-state index contributed by atoms with van der Waals surface area (Å²) >= 11 is 0. The number of methoxy groups -OCH3 is 1. The van der Waals surface area contributed by atoms with Crippen LogP contribution in [-0.2, 0) is 6.54 Å². The first-order valence-electron chi connectivity index (χ1n) is 8.98. The van der Waals surface area contributed by atoms with Gasteiger partial charge in [-0.05, 0) is 31.5 Å². The molecule has 0 fully saturated rings. The normalized spacial score (nSPS) is 11.9.